The summed E-state index contributed by atoms with van der Waals surface area (Å²) in [7, 11) is 0. The van der Waals surface area contributed by atoms with Crippen molar-refractivity contribution in [3.63, 3.8) is 0 Å². The molecule has 1 fully saturated rings. The summed E-state index contributed by atoms with van der Waals surface area (Å²) in [6.07, 6.45) is 2.88. The van der Waals surface area contributed by atoms with E-state index in [4.69, 9.17) is 16.3 Å². The first-order valence-electron chi connectivity index (χ1n) is 8.24. The summed E-state index contributed by atoms with van der Waals surface area (Å²) in [5.74, 6) is -0.399. The maximum Gasteiger partial charge on any atom is 0.306 e. The number of aliphatic carboxylic acids is 1. The molecular formula is C18H20ClNO4S. The molecule has 25 heavy (non-hydrogen) atoms. The lowest BCUT2D eigenvalue weighted by Gasteiger charge is -2.27. The Morgan fingerprint density at radius 3 is 2.92 bits per heavy atom. The number of nitrogens with zero attached hydrogens (tertiary/aromatic N) is 1. The molecule has 2 N–H and O–H groups in total. The number of rotatable bonds is 5. The molecule has 0 unspecified atom stereocenters. The van der Waals surface area contributed by atoms with Crippen molar-refractivity contribution in [2.45, 2.75) is 45.3 Å². The highest BCUT2D eigenvalue weighted by molar-refractivity contribution is 7.19. The van der Waals surface area contributed by atoms with Crippen LogP contribution in [0.25, 0.3) is 10.6 Å². The number of ether oxygens (including phenoxy) is 1. The molecule has 0 bridgehead atoms. The maximum atomic E-state index is 11.2. The Kier molecular flexibility index (Phi) is 5.61. The Balaban J connectivity index is 1.77. The average molecular weight is 382 g/mol. The number of carboxylic acid groups (broad SMARTS) is 1. The van der Waals surface area contributed by atoms with Crippen LogP contribution in [0.1, 0.15) is 36.9 Å². The highest BCUT2D eigenvalue weighted by atomic mass is 35.5. The lowest BCUT2D eigenvalue weighted by atomic mass is 9.87. The first-order valence-corrected chi connectivity index (χ1v) is 9.44. The minimum atomic E-state index is -0.746. The number of carboxylic acids is 1. The lowest BCUT2D eigenvalue weighted by Crippen LogP contribution is -2.29. The van der Waals surface area contributed by atoms with Crippen molar-refractivity contribution in [3.05, 3.63) is 33.8 Å². The van der Waals surface area contributed by atoms with Crippen LogP contribution in [0, 0.1) is 12.8 Å². The van der Waals surface area contributed by atoms with Crippen molar-refractivity contribution < 1.29 is 19.7 Å². The molecule has 0 saturated heterocycles. The molecule has 0 aromatic carbocycles. The normalized spacial score (nSPS) is 20.4. The van der Waals surface area contributed by atoms with E-state index in [0.717, 1.165) is 34.7 Å². The Hall–Kier alpha value is -1.63. The quantitative estimate of drug-likeness (QED) is 0.807. The molecule has 5 nitrogen and oxygen atoms in total. The van der Waals surface area contributed by atoms with E-state index in [1.54, 1.807) is 6.07 Å². The SMILES string of the molecule is Cc1nc(-c2sc(Cl)cc2CO)ccc1O[C@H]1CCC[C@H](C(=O)O)C1. The summed E-state index contributed by atoms with van der Waals surface area (Å²) >= 11 is 7.42. The van der Waals surface area contributed by atoms with Crippen LogP contribution in [0.15, 0.2) is 18.2 Å². The van der Waals surface area contributed by atoms with E-state index in [-0.39, 0.29) is 18.6 Å². The number of pyridine rings is 1. The van der Waals surface area contributed by atoms with Gasteiger partial charge in [0.2, 0.25) is 0 Å². The van der Waals surface area contributed by atoms with Crippen LogP contribution < -0.4 is 4.74 Å². The predicted octanol–water partition coefficient (Wildman–Crippen LogP) is 4.29. The molecule has 1 saturated carbocycles. The third-order valence-corrected chi connectivity index (χ3v) is 5.82. The van der Waals surface area contributed by atoms with Crippen LogP contribution in [0.3, 0.4) is 0 Å². The van der Waals surface area contributed by atoms with Crippen LogP contribution in [-0.2, 0) is 11.4 Å². The summed E-state index contributed by atoms with van der Waals surface area (Å²) in [4.78, 5) is 16.6. The van der Waals surface area contributed by atoms with Crippen molar-refractivity contribution in [1.82, 2.24) is 4.98 Å². The van der Waals surface area contributed by atoms with Crippen molar-refractivity contribution in [2.75, 3.05) is 0 Å². The van der Waals surface area contributed by atoms with Gasteiger partial charge in [0.05, 0.1) is 39.2 Å². The summed E-state index contributed by atoms with van der Waals surface area (Å²) in [5.41, 5.74) is 2.24. The number of halogens is 1. The highest BCUT2D eigenvalue weighted by Crippen LogP contribution is 2.36. The van der Waals surface area contributed by atoms with E-state index in [1.807, 2.05) is 19.1 Å². The molecule has 7 heteroatoms. The number of thiophene rings is 1. The fourth-order valence-electron chi connectivity index (χ4n) is 3.18. The third kappa shape index (κ3) is 4.14. The number of aryl methyl sites for hydroxylation is 1. The number of aliphatic hydroxyl groups excluding tert-OH is 1. The fourth-order valence-corrected chi connectivity index (χ4v) is 4.42. The molecule has 2 aromatic rings. The average Bonchev–Trinajstić information content (AvgIpc) is 2.98. The van der Waals surface area contributed by atoms with Crippen LogP contribution in [0.5, 0.6) is 5.75 Å². The molecule has 0 amide bonds. The van der Waals surface area contributed by atoms with Gasteiger partial charge < -0.3 is 14.9 Å². The molecule has 2 heterocycles. The second kappa shape index (κ2) is 7.72. The van der Waals surface area contributed by atoms with Gasteiger partial charge in [0.1, 0.15) is 5.75 Å². The second-order valence-electron chi connectivity index (χ2n) is 6.28. The molecule has 1 aliphatic rings. The molecule has 2 atom stereocenters. The van der Waals surface area contributed by atoms with E-state index < -0.39 is 5.97 Å². The summed E-state index contributed by atoms with van der Waals surface area (Å²) in [5, 5.41) is 18.6. The first-order chi connectivity index (χ1) is 12.0. The third-order valence-electron chi connectivity index (χ3n) is 4.49. The standard InChI is InChI=1S/C18H20ClNO4S/c1-10-15(24-13-4-2-3-11(7-13)18(22)23)6-5-14(20-10)17-12(9-21)8-16(19)25-17/h5-6,8,11,13,21H,2-4,7,9H2,1H3,(H,22,23)/t11-,13-/m0/s1. The number of carbonyl (C=O) groups is 1. The van der Waals surface area contributed by atoms with Crippen LogP contribution >= 0.6 is 22.9 Å². The van der Waals surface area contributed by atoms with Gasteiger partial charge in [0.25, 0.3) is 0 Å². The van der Waals surface area contributed by atoms with Crippen LogP contribution in [0.4, 0.5) is 0 Å². The Morgan fingerprint density at radius 2 is 2.24 bits per heavy atom. The number of aromatic nitrogens is 1. The zero-order chi connectivity index (χ0) is 18.0. The number of hydrogen-bond donors (Lipinski definition) is 2. The molecule has 0 radical (unpaired) electrons. The smallest absolute Gasteiger partial charge is 0.306 e. The summed E-state index contributed by atoms with van der Waals surface area (Å²) in [6.45, 7) is 1.78. The van der Waals surface area contributed by atoms with Crippen molar-refractivity contribution in [3.8, 4) is 16.3 Å². The molecule has 0 aliphatic heterocycles. The monoisotopic (exact) mass is 381 g/mol. The zero-order valence-electron chi connectivity index (χ0n) is 13.9. The van der Waals surface area contributed by atoms with E-state index in [2.05, 4.69) is 4.98 Å². The largest absolute Gasteiger partial charge is 0.489 e. The maximum absolute atomic E-state index is 11.2. The van der Waals surface area contributed by atoms with Gasteiger partial charge in [-0.05, 0) is 56.4 Å². The van der Waals surface area contributed by atoms with Crippen molar-refractivity contribution in [1.29, 1.82) is 0 Å². The molecule has 0 spiro atoms. The number of aliphatic hydroxyl groups is 1. The molecule has 1 aliphatic carbocycles. The van der Waals surface area contributed by atoms with Gasteiger partial charge in [-0.25, -0.2) is 4.98 Å². The van der Waals surface area contributed by atoms with Gasteiger partial charge in [0.15, 0.2) is 0 Å². The summed E-state index contributed by atoms with van der Waals surface area (Å²) in [6, 6.07) is 5.45. The van der Waals surface area contributed by atoms with E-state index >= 15 is 0 Å². The second-order valence-corrected chi connectivity index (χ2v) is 7.97. The molecule has 3 rings (SSSR count). The van der Waals surface area contributed by atoms with Crippen molar-refractivity contribution in [2.24, 2.45) is 5.92 Å². The van der Waals surface area contributed by atoms with Gasteiger partial charge in [-0.1, -0.05) is 11.6 Å². The van der Waals surface area contributed by atoms with Gasteiger partial charge in [-0.2, -0.15) is 0 Å². The minimum absolute atomic E-state index is 0.0871. The van der Waals surface area contributed by atoms with Gasteiger partial charge in [-0.3, -0.25) is 4.79 Å². The van der Waals surface area contributed by atoms with Crippen molar-refractivity contribution >= 4 is 28.9 Å². The predicted molar refractivity (Wildman–Crippen MR) is 97.2 cm³/mol. The molecule has 2 aromatic heterocycles. The molecule has 134 valence electrons. The van der Waals surface area contributed by atoms with Crippen LogP contribution in [-0.4, -0.2) is 27.3 Å². The van der Waals surface area contributed by atoms with Gasteiger partial charge >= 0.3 is 5.97 Å². The van der Waals surface area contributed by atoms with E-state index in [1.165, 1.54) is 11.3 Å². The highest BCUT2D eigenvalue weighted by Gasteiger charge is 2.28. The first kappa shape index (κ1) is 18.2. The topological polar surface area (TPSA) is 79.7 Å². The fraction of sp³-hybridized carbons (Fsp3) is 0.444. The Labute approximate surface area is 155 Å². The molecular weight excluding hydrogens is 362 g/mol. The Bertz CT molecular complexity index is 776. The zero-order valence-corrected chi connectivity index (χ0v) is 15.4. The number of hydrogen-bond acceptors (Lipinski definition) is 5. The minimum Gasteiger partial charge on any atom is -0.489 e. The van der Waals surface area contributed by atoms with E-state index in [9.17, 15) is 15.0 Å². The van der Waals surface area contributed by atoms with E-state index in [0.29, 0.717) is 22.9 Å². The van der Waals surface area contributed by atoms with Gasteiger partial charge in [0, 0.05) is 0 Å². The van der Waals surface area contributed by atoms with Crippen LogP contribution in [0.2, 0.25) is 4.34 Å². The van der Waals surface area contributed by atoms with Gasteiger partial charge in [-0.15, -0.1) is 11.3 Å². The lowest BCUT2D eigenvalue weighted by molar-refractivity contribution is -0.143. The Morgan fingerprint density at radius 1 is 1.44 bits per heavy atom. The summed E-state index contributed by atoms with van der Waals surface area (Å²) < 4.78 is 6.63.